The van der Waals surface area contributed by atoms with E-state index in [2.05, 4.69) is 226 Å². The van der Waals surface area contributed by atoms with Crippen LogP contribution in [0.4, 0.5) is 17.1 Å². The van der Waals surface area contributed by atoms with Gasteiger partial charge in [0.2, 0.25) is 6.71 Å². The predicted molar refractivity (Wildman–Crippen MR) is 300 cm³/mol. The Labute approximate surface area is 424 Å². The van der Waals surface area contributed by atoms with Gasteiger partial charge in [-0.05, 0) is 101 Å². The third-order valence-corrected chi connectivity index (χ3v) is 20.1. The lowest BCUT2D eigenvalue weighted by Gasteiger charge is -2.42. The van der Waals surface area contributed by atoms with Crippen LogP contribution < -0.4 is 42.0 Å². The molecule has 1 nitrogen and oxygen atoms in total. The van der Waals surface area contributed by atoms with Gasteiger partial charge in [-0.25, -0.2) is 0 Å². The summed E-state index contributed by atoms with van der Waals surface area (Å²) < 4.78 is 43.8. The lowest BCUT2D eigenvalue weighted by atomic mass is 9.35. The second-order valence-electron chi connectivity index (χ2n) is 19.0. The first kappa shape index (κ1) is 37.9. The van der Waals surface area contributed by atoms with Crippen LogP contribution in [0.1, 0.15) is 33.2 Å². The molecule has 2 aliphatic heterocycles. The van der Waals surface area contributed by atoms with E-state index >= 15 is 0 Å². The topological polar surface area (TPSA) is 3.24 Å². The van der Waals surface area contributed by atoms with Crippen LogP contribution in [0.15, 0.2) is 252 Å². The van der Waals surface area contributed by atoms with E-state index in [0.29, 0.717) is 10.6 Å². The minimum atomic E-state index is -3.38. The number of anilines is 3. The van der Waals surface area contributed by atoms with Gasteiger partial charge in [-0.3, -0.25) is 0 Å². The highest BCUT2D eigenvalue weighted by Gasteiger charge is 2.46. The molecule has 0 radical (unpaired) electrons. The lowest BCUT2D eigenvalue weighted by Crippen LogP contribution is -2.75. The average Bonchev–Trinajstić information content (AvgIpc) is 3.42. The Hall–Kier alpha value is -7.08. The number of fused-ring (bicyclic) bond motifs is 4. The molecule has 0 saturated heterocycles. The second kappa shape index (κ2) is 17.5. The molecule has 0 saturated carbocycles. The molecular weight excluding hydrogens is 889 g/mol. The molecule has 69 heavy (non-hydrogen) atoms. The molecule has 0 atom stereocenters. The van der Waals surface area contributed by atoms with Crippen LogP contribution in [0.2, 0.25) is 5.02 Å². The van der Waals surface area contributed by atoms with Crippen molar-refractivity contribution in [1.29, 1.82) is 0 Å². The zero-order chi connectivity index (χ0) is 51.0. The summed E-state index contributed by atoms with van der Waals surface area (Å²) in [6, 6.07) is 74.5. The smallest absolute Gasteiger partial charge is 0.249 e. The monoisotopic (exact) mass is 942 g/mol. The molecule has 0 fully saturated rings. The van der Waals surface area contributed by atoms with Crippen molar-refractivity contribution >= 4 is 92.3 Å². The number of halogens is 1. The van der Waals surface area contributed by atoms with Crippen molar-refractivity contribution in [3.63, 3.8) is 0 Å². The second-order valence-corrected chi connectivity index (χ2v) is 24.3. The Balaban J connectivity index is 1.15. The number of hydrogen-bond acceptors (Lipinski definition) is 2. The van der Waals surface area contributed by atoms with Gasteiger partial charge in [-0.2, -0.15) is 0 Å². The fourth-order valence-electron chi connectivity index (χ4n) is 10.8. The van der Waals surface area contributed by atoms with Gasteiger partial charge in [0.05, 0.1) is 12.5 Å². The van der Waals surface area contributed by atoms with E-state index in [-0.39, 0.29) is 41.9 Å². The van der Waals surface area contributed by atoms with Gasteiger partial charge in [0.1, 0.15) is 0 Å². The molecule has 12 rings (SSSR count). The highest BCUT2D eigenvalue weighted by molar-refractivity contribution is 8.00. The number of hydrogen-bond donors (Lipinski definition) is 0. The molecular formula is C64H49BClNSSi. The van der Waals surface area contributed by atoms with Crippen molar-refractivity contribution in [3.8, 4) is 33.4 Å². The third kappa shape index (κ3) is 7.50. The van der Waals surface area contributed by atoms with Crippen molar-refractivity contribution in [2.24, 2.45) is 0 Å². The van der Waals surface area contributed by atoms with E-state index in [1.165, 1.54) is 38.0 Å². The Morgan fingerprint density at radius 2 is 1.06 bits per heavy atom. The van der Waals surface area contributed by atoms with Gasteiger partial charge in [0.15, 0.2) is 8.07 Å². The summed E-state index contributed by atoms with van der Waals surface area (Å²) in [6.45, 7) is 6.65. The molecule has 0 amide bonds. The van der Waals surface area contributed by atoms with Crippen LogP contribution in [0, 0.1) is 0 Å². The van der Waals surface area contributed by atoms with Crippen molar-refractivity contribution in [3.05, 3.63) is 253 Å². The van der Waals surface area contributed by atoms with Crippen LogP contribution in [0.3, 0.4) is 0 Å². The Morgan fingerprint density at radius 1 is 0.464 bits per heavy atom. The minimum Gasteiger partial charge on any atom is -0.311 e. The normalized spacial score (nSPS) is 13.8. The fourth-order valence-corrected chi connectivity index (χ4v) is 17.1. The van der Waals surface area contributed by atoms with Gasteiger partial charge in [0.25, 0.3) is 0 Å². The third-order valence-electron chi connectivity index (χ3n) is 14.0. The molecule has 2 aliphatic rings. The van der Waals surface area contributed by atoms with Crippen LogP contribution in [0.5, 0.6) is 0 Å². The number of para-hydroxylation sites is 1. The highest BCUT2D eigenvalue weighted by Crippen LogP contribution is 2.46. The van der Waals surface area contributed by atoms with Gasteiger partial charge in [-0.1, -0.05) is 262 Å². The first-order valence-corrected chi connectivity index (χ1v) is 26.7. The van der Waals surface area contributed by atoms with E-state index < -0.39 is 14.1 Å². The van der Waals surface area contributed by atoms with Crippen molar-refractivity contribution in [2.45, 2.75) is 36.0 Å². The predicted octanol–water partition coefficient (Wildman–Crippen LogP) is 12.8. The summed E-state index contributed by atoms with van der Waals surface area (Å²) in [7, 11) is -3.38. The van der Waals surface area contributed by atoms with Crippen LogP contribution >= 0.6 is 23.4 Å². The maximum Gasteiger partial charge on any atom is 0.249 e. The lowest BCUT2D eigenvalue weighted by molar-refractivity contribution is 0.590. The van der Waals surface area contributed by atoms with Gasteiger partial charge < -0.3 is 4.90 Å². The zero-order valence-electron chi connectivity index (χ0n) is 43.5. The van der Waals surface area contributed by atoms with Crippen LogP contribution in [-0.2, 0) is 5.41 Å². The summed E-state index contributed by atoms with van der Waals surface area (Å²) in [6.07, 6.45) is 0. The Morgan fingerprint density at radius 3 is 1.78 bits per heavy atom. The summed E-state index contributed by atoms with van der Waals surface area (Å²) >= 11 is 9.14. The number of benzene rings is 10. The summed E-state index contributed by atoms with van der Waals surface area (Å²) in [4.78, 5) is 4.77. The Kier molecular flexibility index (Phi) is 9.58. The maximum atomic E-state index is 9.07. The molecule has 330 valence electrons. The molecule has 0 aromatic heterocycles. The Bertz CT molecular complexity index is 3780. The molecule has 5 heteroatoms. The summed E-state index contributed by atoms with van der Waals surface area (Å²) in [5.41, 5.74) is 13.3. The van der Waals surface area contributed by atoms with E-state index in [1.54, 1.807) is 11.8 Å². The largest absolute Gasteiger partial charge is 0.311 e. The first-order valence-electron chi connectivity index (χ1n) is 26.0. The van der Waals surface area contributed by atoms with Crippen LogP contribution in [-0.4, -0.2) is 14.8 Å². The molecule has 0 aliphatic carbocycles. The van der Waals surface area contributed by atoms with Crippen molar-refractivity contribution in [2.75, 3.05) is 4.90 Å². The van der Waals surface area contributed by atoms with Gasteiger partial charge >= 0.3 is 0 Å². The summed E-state index contributed by atoms with van der Waals surface area (Å²) in [5.74, 6) is 0. The molecule has 2 heterocycles. The molecule has 0 N–H and O–H groups in total. The van der Waals surface area contributed by atoms with E-state index in [4.69, 9.17) is 18.5 Å². The maximum absolute atomic E-state index is 9.07. The molecule has 0 unspecified atom stereocenters. The quantitative estimate of drug-likeness (QED) is 0.110. The first-order chi connectivity index (χ1) is 35.8. The number of nitrogens with zero attached hydrogens (tertiary/aromatic N) is 1. The molecule has 0 bridgehead atoms. The van der Waals surface area contributed by atoms with Gasteiger partial charge in [-0.15, -0.1) is 0 Å². The number of rotatable bonds is 8. The average molecular weight is 944 g/mol. The molecule has 10 aromatic carbocycles. The van der Waals surface area contributed by atoms with Crippen molar-refractivity contribution in [1.82, 2.24) is 0 Å². The molecule has 10 aromatic rings. The standard InChI is InChI=1S/C64H49BClNSSi/c1-64(2,3)49-26-18-24-46(38-49)48-34-36-57-61(40-48)68-62-42-50(66)41-60-63(62)65(57)56-37-35-54(43-59(56)67(60)58-33-17-16-32-55(58)45-22-10-5-11-23-45)69(51-27-12-6-13-28-51,52-29-14-7-15-30-52)53-31-19-25-47(39-53)44-20-8-4-9-21-44/h4-43H,1-3H3/i4D,8D,9D,20D,21D. The van der Waals surface area contributed by atoms with E-state index in [9.17, 15) is 0 Å². The van der Waals surface area contributed by atoms with E-state index in [1.807, 2.05) is 12.1 Å². The van der Waals surface area contributed by atoms with Crippen LogP contribution in [0.25, 0.3) is 33.4 Å². The SMILES string of the molecule is [2H]c1c([2H])c([2H])c(-c2cccc([Si](c3ccccc3)(c3ccccc3)c3ccc4c(c3)N(c3ccccc3-c3ccccc3)c3cc(Cl)cc5c3B4c3ccc(-c4cccc(C(C)(C)C)c4)cc3S5)c2)c([2H])c1[2H]. The highest BCUT2D eigenvalue weighted by atomic mass is 35.5. The minimum absolute atomic E-state index is 0.00926. The van der Waals surface area contributed by atoms with E-state index in [0.717, 1.165) is 53.8 Å². The van der Waals surface area contributed by atoms with Crippen molar-refractivity contribution < 1.29 is 6.85 Å². The van der Waals surface area contributed by atoms with Gasteiger partial charge in [0, 0.05) is 31.8 Å². The summed E-state index contributed by atoms with van der Waals surface area (Å²) in [5, 5.41) is 5.08. The zero-order valence-corrected chi connectivity index (χ0v) is 41.1. The fraction of sp³-hybridized carbons (Fsp3) is 0.0625. The molecule has 0 spiro atoms.